The number of nitrogens with one attached hydrogen (secondary N) is 1. The highest BCUT2D eigenvalue weighted by Gasteiger charge is 2.30. The molecule has 0 radical (unpaired) electrons. The maximum atomic E-state index is 12.8. The molecule has 0 spiro atoms. The Morgan fingerprint density at radius 1 is 0.931 bits per heavy atom. The third-order valence-corrected chi connectivity index (χ3v) is 6.89. The molecule has 1 saturated heterocycles. The van der Waals surface area contributed by atoms with Crippen molar-refractivity contribution < 1.29 is 22.7 Å². The zero-order valence-electron chi connectivity index (χ0n) is 16.1. The van der Waals surface area contributed by atoms with E-state index < -0.39 is 10.0 Å². The number of rotatable bonds is 3. The van der Waals surface area contributed by atoms with Gasteiger partial charge in [-0.2, -0.15) is 4.31 Å². The Morgan fingerprint density at radius 3 is 2.28 bits per heavy atom. The van der Waals surface area contributed by atoms with Gasteiger partial charge in [-0.25, -0.2) is 13.2 Å². The van der Waals surface area contributed by atoms with Crippen LogP contribution in [0.15, 0.2) is 47.4 Å². The van der Waals surface area contributed by atoms with Gasteiger partial charge in [0.05, 0.1) is 4.90 Å². The summed E-state index contributed by atoms with van der Waals surface area (Å²) in [4.78, 5) is 14.5. The second-order valence-corrected chi connectivity index (χ2v) is 8.93. The Labute approximate surface area is 170 Å². The van der Waals surface area contributed by atoms with Crippen molar-refractivity contribution in [3.8, 4) is 11.5 Å². The highest BCUT2D eigenvalue weighted by molar-refractivity contribution is 7.89. The largest absolute Gasteiger partial charge is 0.486 e. The zero-order valence-corrected chi connectivity index (χ0v) is 16.9. The van der Waals surface area contributed by atoms with Crippen LogP contribution in [0.2, 0.25) is 0 Å². The van der Waals surface area contributed by atoms with Crippen molar-refractivity contribution in [3.05, 3.63) is 48.0 Å². The average Bonchev–Trinajstić information content (AvgIpc) is 2.74. The number of carbonyl (C=O) groups excluding carboxylic acids is 1. The van der Waals surface area contributed by atoms with Gasteiger partial charge in [0.15, 0.2) is 11.5 Å². The van der Waals surface area contributed by atoms with Crippen LogP contribution in [0.25, 0.3) is 0 Å². The lowest BCUT2D eigenvalue weighted by molar-refractivity contribution is 0.171. The first-order chi connectivity index (χ1) is 13.9. The minimum absolute atomic E-state index is 0.255. The van der Waals surface area contributed by atoms with Gasteiger partial charge in [0.2, 0.25) is 10.0 Å². The van der Waals surface area contributed by atoms with E-state index in [1.165, 1.54) is 4.31 Å². The number of carbonyl (C=O) groups is 1. The predicted octanol–water partition coefficient (Wildman–Crippen LogP) is 2.30. The average molecular weight is 417 g/mol. The van der Waals surface area contributed by atoms with Crippen LogP contribution in [0.1, 0.15) is 5.56 Å². The molecule has 0 atom stereocenters. The first-order valence-electron chi connectivity index (χ1n) is 9.46. The molecular weight excluding hydrogens is 394 g/mol. The Hall–Kier alpha value is -2.78. The molecule has 0 aliphatic carbocycles. The molecule has 2 amide bonds. The Balaban J connectivity index is 1.36. The van der Waals surface area contributed by atoms with Crippen molar-refractivity contribution in [1.29, 1.82) is 0 Å². The summed E-state index contributed by atoms with van der Waals surface area (Å²) in [5.41, 5.74) is 1.61. The third kappa shape index (κ3) is 4.15. The molecule has 29 heavy (non-hydrogen) atoms. The Morgan fingerprint density at radius 2 is 1.59 bits per heavy atom. The van der Waals surface area contributed by atoms with Gasteiger partial charge in [0, 0.05) is 37.9 Å². The van der Waals surface area contributed by atoms with Crippen LogP contribution in [-0.2, 0) is 10.0 Å². The maximum absolute atomic E-state index is 12.8. The van der Waals surface area contributed by atoms with Gasteiger partial charge in [-0.1, -0.05) is 17.7 Å². The van der Waals surface area contributed by atoms with E-state index in [-0.39, 0.29) is 24.0 Å². The van der Waals surface area contributed by atoms with Gasteiger partial charge < -0.3 is 19.7 Å². The standard InChI is InChI=1S/C20H23N3O5S/c1-15-2-5-17(6-3-15)29(25,26)23-10-8-22(9-11-23)20(24)21-16-4-7-18-19(14-16)28-13-12-27-18/h2-7,14H,8-13H2,1H3,(H,21,24). The van der Waals surface area contributed by atoms with Crippen LogP contribution in [0, 0.1) is 6.92 Å². The molecule has 0 saturated carbocycles. The monoisotopic (exact) mass is 417 g/mol. The minimum Gasteiger partial charge on any atom is -0.486 e. The lowest BCUT2D eigenvalue weighted by Gasteiger charge is -2.34. The highest BCUT2D eigenvalue weighted by atomic mass is 32.2. The van der Waals surface area contributed by atoms with E-state index in [0.717, 1.165) is 5.56 Å². The van der Waals surface area contributed by atoms with E-state index in [0.29, 0.717) is 43.5 Å². The first-order valence-corrected chi connectivity index (χ1v) is 10.9. The highest BCUT2D eigenvalue weighted by Crippen LogP contribution is 2.32. The van der Waals surface area contributed by atoms with Gasteiger partial charge in [-0.05, 0) is 31.2 Å². The molecule has 1 fully saturated rings. The smallest absolute Gasteiger partial charge is 0.321 e. The van der Waals surface area contributed by atoms with Gasteiger partial charge in [-0.15, -0.1) is 0 Å². The molecule has 9 heteroatoms. The van der Waals surface area contributed by atoms with Crippen molar-refractivity contribution >= 4 is 21.7 Å². The number of hydrogen-bond donors (Lipinski definition) is 1. The summed E-state index contributed by atoms with van der Waals surface area (Å²) >= 11 is 0. The number of urea groups is 1. The van der Waals surface area contributed by atoms with Gasteiger partial charge in [0.25, 0.3) is 0 Å². The number of ether oxygens (including phenoxy) is 2. The van der Waals surface area contributed by atoms with E-state index in [2.05, 4.69) is 5.32 Å². The first kappa shape index (κ1) is 19.5. The van der Waals surface area contributed by atoms with Crippen LogP contribution >= 0.6 is 0 Å². The topological polar surface area (TPSA) is 88.2 Å². The summed E-state index contributed by atoms with van der Waals surface area (Å²) in [5.74, 6) is 1.26. The number of fused-ring (bicyclic) bond motifs is 1. The molecule has 154 valence electrons. The van der Waals surface area contributed by atoms with Crippen molar-refractivity contribution in [2.45, 2.75) is 11.8 Å². The van der Waals surface area contributed by atoms with Crippen LogP contribution in [0.3, 0.4) is 0 Å². The normalized spacial score (nSPS) is 17.1. The SMILES string of the molecule is Cc1ccc(S(=O)(=O)N2CCN(C(=O)Nc3ccc4c(c3)OCCO4)CC2)cc1. The molecule has 2 aromatic carbocycles. The molecule has 1 N–H and O–H groups in total. The maximum Gasteiger partial charge on any atom is 0.321 e. The zero-order chi connectivity index (χ0) is 20.4. The Kier molecular flexibility index (Phi) is 5.33. The number of nitrogens with zero attached hydrogens (tertiary/aromatic N) is 2. The molecular formula is C20H23N3O5S. The minimum atomic E-state index is -3.55. The van der Waals surface area contributed by atoms with Crippen molar-refractivity contribution in [3.63, 3.8) is 0 Å². The summed E-state index contributed by atoms with van der Waals surface area (Å²) < 4.78 is 38.0. The van der Waals surface area contributed by atoms with E-state index in [1.54, 1.807) is 47.4 Å². The molecule has 2 heterocycles. The molecule has 2 aliphatic rings. The molecule has 0 aromatic heterocycles. The number of piperazine rings is 1. The lowest BCUT2D eigenvalue weighted by Crippen LogP contribution is -2.51. The van der Waals surface area contributed by atoms with E-state index in [9.17, 15) is 13.2 Å². The summed E-state index contributed by atoms with van der Waals surface area (Å²) in [6.07, 6.45) is 0. The molecule has 0 bridgehead atoms. The fraction of sp³-hybridized carbons (Fsp3) is 0.350. The van der Waals surface area contributed by atoms with Crippen molar-refractivity contribution in [2.24, 2.45) is 0 Å². The lowest BCUT2D eigenvalue weighted by atomic mass is 10.2. The van der Waals surface area contributed by atoms with Crippen LogP contribution in [0.5, 0.6) is 11.5 Å². The summed E-state index contributed by atoms with van der Waals surface area (Å²) in [6, 6.07) is 11.8. The summed E-state index contributed by atoms with van der Waals surface area (Å²) in [5, 5.41) is 2.84. The molecule has 8 nitrogen and oxygen atoms in total. The van der Waals surface area contributed by atoms with E-state index in [4.69, 9.17) is 9.47 Å². The molecule has 0 unspecified atom stereocenters. The molecule has 2 aliphatic heterocycles. The number of amides is 2. The van der Waals surface area contributed by atoms with Gasteiger partial charge in [0.1, 0.15) is 13.2 Å². The third-order valence-electron chi connectivity index (χ3n) is 4.98. The second-order valence-electron chi connectivity index (χ2n) is 6.99. The Bertz CT molecular complexity index is 999. The van der Waals surface area contributed by atoms with Crippen LogP contribution in [-0.4, -0.2) is 63.0 Å². The fourth-order valence-corrected chi connectivity index (χ4v) is 4.74. The van der Waals surface area contributed by atoms with Crippen LogP contribution in [0.4, 0.5) is 10.5 Å². The molecule has 2 aromatic rings. The number of benzene rings is 2. The predicted molar refractivity (Wildman–Crippen MR) is 108 cm³/mol. The quantitative estimate of drug-likeness (QED) is 0.828. The summed E-state index contributed by atoms with van der Waals surface area (Å²) in [6.45, 7) is 4.05. The van der Waals surface area contributed by atoms with Gasteiger partial charge >= 0.3 is 6.03 Å². The number of sulfonamides is 1. The summed E-state index contributed by atoms with van der Waals surface area (Å²) in [7, 11) is -3.55. The molecule has 4 rings (SSSR count). The van der Waals surface area contributed by atoms with Gasteiger partial charge in [-0.3, -0.25) is 0 Å². The van der Waals surface area contributed by atoms with E-state index in [1.807, 2.05) is 6.92 Å². The number of aryl methyl sites for hydroxylation is 1. The van der Waals surface area contributed by atoms with Crippen LogP contribution < -0.4 is 14.8 Å². The van der Waals surface area contributed by atoms with Crippen molar-refractivity contribution in [2.75, 3.05) is 44.7 Å². The van der Waals surface area contributed by atoms with Crippen molar-refractivity contribution in [1.82, 2.24) is 9.21 Å². The second kappa shape index (κ2) is 7.92. The number of hydrogen-bond acceptors (Lipinski definition) is 5. The van der Waals surface area contributed by atoms with E-state index >= 15 is 0 Å². The fourth-order valence-electron chi connectivity index (χ4n) is 3.31. The number of anilines is 1.